The van der Waals surface area contributed by atoms with E-state index in [0.29, 0.717) is 17.8 Å². The van der Waals surface area contributed by atoms with E-state index in [4.69, 9.17) is 5.73 Å². The summed E-state index contributed by atoms with van der Waals surface area (Å²) in [6, 6.07) is 3.90. The molecule has 3 N–H and O–H groups in total. The standard InChI is InChI=1S/C10H13FN2O2S/c11-7-1-2-10(9(12)5-7)13-8-3-4-16(14,15)6-8/h1-2,5,8,13H,3-4,6,12H2. The van der Waals surface area contributed by atoms with Crippen LogP contribution in [0.2, 0.25) is 0 Å². The van der Waals surface area contributed by atoms with Crippen LogP contribution in [0.3, 0.4) is 0 Å². The van der Waals surface area contributed by atoms with E-state index in [9.17, 15) is 12.8 Å². The monoisotopic (exact) mass is 244 g/mol. The van der Waals surface area contributed by atoms with Gasteiger partial charge in [-0.25, -0.2) is 12.8 Å². The minimum Gasteiger partial charge on any atom is -0.397 e. The molecule has 4 nitrogen and oxygen atoms in total. The predicted molar refractivity (Wildman–Crippen MR) is 61.5 cm³/mol. The van der Waals surface area contributed by atoms with Gasteiger partial charge >= 0.3 is 0 Å². The Morgan fingerprint density at radius 2 is 2.19 bits per heavy atom. The number of hydrogen-bond donors (Lipinski definition) is 2. The third kappa shape index (κ3) is 2.44. The summed E-state index contributed by atoms with van der Waals surface area (Å²) in [5.41, 5.74) is 6.50. The van der Waals surface area contributed by atoms with Crippen molar-refractivity contribution in [2.24, 2.45) is 0 Å². The van der Waals surface area contributed by atoms with Gasteiger partial charge in [0.25, 0.3) is 0 Å². The molecule has 2 rings (SSSR count). The van der Waals surface area contributed by atoms with E-state index < -0.39 is 15.7 Å². The molecule has 6 heteroatoms. The molecule has 0 saturated carbocycles. The van der Waals surface area contributed by atoms with Crippen molar-refractivity contribution in [2.75, 3.05) is 22.6 Å². The average molecular weight is 244 g/mol. The third-order valence-electron chi connectivity index (χ3n) is 2.61. The molecule has 0 spiro atoms. The minimum absolute atomic E-state index is 0.115. The lowest BCUT2D eigenvalue weighted by Crippen LogP contribution is -2.21. The van der Waals surface area contributed by atoms with E-state index in [-0.39, 0.29) is 17.5 Å². The maximum absolute atomic E-state index is 12.8. The van der Waals surface area contributed by atoms with Crippen LogP contribution in [0.15, 0.2) is 18.2 Å². The fourth-order valence-corrected chi connectivity index (χ4v) is 3.47. The molecular weight excluding hydrogens is 231 g/mol. The van der Waals surface area contributed by atoms with E-state index in [1.54, 1.807) is 0 Å². The number of anilines is 2. The van der Waals surface area contributed by atoms with E-state index in [2.05, 4.69) is 5.32 Å². The molecule has 88 valence electrons. The number of halogens is 1. The van der Waals surface area contributed by atoms with Gasteiger partial charge in [0.05, 0.1) is 22.9 Å². The Morgan fingerprint density at radius 3 is 2.75 bits per heavy atom. The molecule has 1 aliphatic rings. The fraction of sp³-hybridized carbons (Fsp3) is 0.400. The Hall–Kier alpha value is -1.30. The quantitative estimate of drug-likeness (QED) is 0.761. The van der Waals surface area contributed by atoms with Gasteiger partial charge in [-0.05, 0) is 24.6 Å². The number of benzene rings is 1. The highest BCUT2D eigenvalue weighted by Gasteiger charge is 2.27. The van der Waals surface area contributed by atoms with Crippen LogP contribution in [-0.4, -0.2) is 26.0 Å². The maximum Gasteiger partial charge on any atom is 0.152 e. The summed E-state index contributed by atoms with van der Waals surface area (Å²) < 4.78 is 35.3. The van der Waals surface area contributed by atoms with Gasteiger partial charge in [0.1, 0.15) is 5.82 Å². The number of nitrogen functional groups attached to an aromatic ring is 1. The third-order valence-corrected chi connectivity index (χ3v) is 4.37. The lowest BCUT2D eigenvalue weighted by molar-refractivity contribution is 0.602. The Balaban J connectivity index is 2.11. The molecule has 0 aliphatic carbocycles. The zero-order valence-electron chi connectivity index (χ0n) is 8.61. The molecule has 1 fully saturated rings. The molecule has 1 aromatic carbocycles. The van der Waals surface area contributed by atoms with Gasteiger partial charge in [-0.15, -0.1) is 0 Å². The van der Waals surface area contributed by atoms with Crippen molar-refractivity contribution in [3.8, 4) is 0 Å². The van der Waals surface area contributed by atoms with Crippen molar-refractivity contribution in [1.82, 2.24) is 0 Å². The summed E-state index contributed by atoms with van der Waals surface area (Å²) in [5, 5.41) is 3.02. The van der Waals surface area contributed by atoms with E-state index >= 15 is 0 Å². The molecule has 1 unspecified atom stereocenters. The molecule has 1 saturated heterocycles. The highest BCUT2D eigenvalue weighted by atomic mass is 32.2. The van der Waals surface area contributed by atoms with Crippen molar-refractivity contribution < 1.29 is 12.8 Å². The summed E-state index contributed by atoms with van der Waals surface area (Å²) in [6.45, 7) is 0. The van der Waals surface area contributed by atoms with Gasteiger partial charge in [-0.1, -0.05) is 0 Å². The highest BCUT2D eigenvalue weighted by Crippen LogP contribution is 2.23. The second-order valence-corrected chi connectivity index (χ2v) is 6.20. The molecule has 1 heterocycles. The van der Waals surface area contributed by atoms with Crippen molar-refractivity contribution in [2.45, 2.75) is 12.5 Å². The van der Waals surface area contributed by atoms with E-state index in [1.807, 2.05) is 0 Å². The molecule has 1 aliphatic heterocycles. The van der Waals surface area contributed by atoms with E-state index in [1.165, 1.54) is 18.2 Å². The van der Waals surface area contributed by atoms with Gasteiger partial charge < -0.3 is 11.1 Å². The number of sulfone groups is 1. The first-order valence-corrected chi connectivity index (χ1v) is 6.80. The molecule has 0 bridgehead atoms. The van der Waals surface area contributed by atoms with Crippen LogP contribution in [0.1, 0.15) is 6.42 Å². The summed E-state index contributed by atoms with van der Waals surface area (Å²) in [4.78, 5) is 0. The van der Waals surface area contributed by atoms with Crippen LogP contribution >= 0.6 is 0 Å². The molecule has 0 aromatic heterocycles. The summed E-state index contributed by atoms with van der Waals surface area (Å²) >= 11 is 0. The first-order chi connectivity index (χ1) is 7.46. The smallest absolute Gasteiger partial charge is 0.152 e. The maximum atomic E-state index is 12.8. The summed E-state index contributed by atoms with van der Waals surface area (Å²) in [5.74, 6) is -0.0858. The molecule has 0 amide bonds. The predicted octanol–water partition coefficient (Wildman–Crippen LogP) is 1.01. The Morgan fingerprint density at radius 1 is 1.44 bits per heavy atom. The van der Waals surface area contributed by atoms with E-state index in [0.717, 1.165) is 0 Å². The second-order valence-electron chi connectivity index (χ2n) is 3.98. The Bertz CT molecular complexity index is 502. The van der Waals surface area contributed by atoms with Crippen LogP contribution in [0.25, 0.3) is 0 Å². The number of nitrogens with two attached hydrogens (primary N) is 1. The summed E-state index contributed by atoms with van der Waals surface area (Å²) in [7, 11) is -2.91. The molecule has 1 aromatic rings. The average Bonchev–Trinajstić information content (AvgIpc) is 2.51. The molecule has 0 radical (unpaired) electrons. The SMILES string of the molecule is Nc1cc(F)ccc1NC1CCS(=O)(=O)C1. The van der Waals surface area contributed by atoms with Crippen LogP contribution in [0, 0.1) is 5.82 Å². The molecule has 16 heavy (non-hydrogen) atoms. The van der Waals surface area contributed by atoms with Gasteiger partial charge in [0.15, 0.2) is 9.84 Å². The van der Waals surface area contributed by atoms with Crippen LogP contribution < -0.4 is 11.1 Å². The first kappa shape index (κ1) is 11.2. The van der Waals surface area contributed by atoms with Crippen molar-refractivity contribution in [1.29, 1.82) is 0 Å². The Labute approximate surface area is 93.6 Å². The number of nitrogens with one attached hydrogen (secondary N) is 1. The van der Waals surface area contributed by atoms with Gasteiger partial charge in [0, 0.05) is 6.04 Å². The van der Waals surface area contributed by atoms with Gasteiger partial charge in [-0.3, -0.25) is 0 Å². The Kier molecular flexibility index (Phi) is 2.75. The van der Waals surface area contributed by atoms with Crippen molar-refractivity contribution in [3.05, 3.63) is 24.0 Å². The minimum atomic E-state index is -2.91. The normalized spacial score (nSPS) is 23.2. The van der Waals surface area contributed by atoms with Gasteiger partial charge in [0.2, 0.25) is 0 Å². The lowest BCUT2D eigenvalue weighted by Gasteiger charge is -2.14. The van der Waals surface area contributed by atoms with Gasteiger partial charge in [-0.2, -0.15) is 0 Å². The molecule has 1 atom stereocenters. The zero-order valence-corrected chi connectivity index (χ0v) is 9.43. The lowest BCUT2D eigenvalue weighted by atomic mass is 10.2. The van der Waals surface area contributed by atoms with Crippen LogP contribution in [0.4, 0.5) is 15.8 Å². The van der Waals surface area contributed by atoms with Crippen LogP contribution in [0.5, 0.6) is 0 Å². The van der Waals surface area contributed by atoms with Crippen LogP contribution in [-0.2, 0) is 9.84 Å². The first-order valence-electron chi connectivity index (χ1n) is 4.98. The largest absolute Gasteiger partial charge is 0.397 e. The molecular formula is C10H13FN2O2S. The van der Waals surface area contributed by atoms with Crippen molar-refractivity contribution >= 4 is 21.2 Å². The number of rotatable bonds is 2. The number of hydrogen-bond acceptors (Lipinski definition) is 4. The topological polar surface area (TPSA) is 72.2 Å². The zero-order chi connectivity index (χ0) is 11.8. The second kappa shape index (κ2) is 3.93. The summed E-state index contributed by atoms with van der Waals surface area (Å²) in [6.07, 6.45) is 0.569. The van der Waals surface area contributed by atoms with Crippen molar-refractivity contribution in [3.63, 3.8) is 0 Å². The fourth-order valence-electron chi connectivity index (χ4n) is 1.79. The highest BCUT2D eigenvalue weighted by molar-refractivity contribution is 7.91.